The van der Waals surface area contributed by atoms with Crippen LogP contribution in [0.5, 0.6) is 0 Å². The van der Waals surface area contributed by atoms with Gasteiger partial charge in [0.1, 0.15) is 17.9 Å². The van der Waals surface area contributed by atoms with Gasteiger partial charge >= 0.3 is 12.4 Å². The molecule has 5 aromatic rings. The van der Waals surface area contributed by atoms with E-state index >= 15 is 0 Å². The molecule has 6 nitrogen and oxygen atoms in total. The average Bonchev–Trinajstić information content (AvgIpc) is 3.60. The first kappa shape index (κ1) is 39.1. The van der Waals surface area contributed by atoms with Gasteiger partial charge in [-0.1, -0.05) is 72.8 Å². The molecule has 0 fully saturated rings. The molecule has 0 saturated heterocycles. The number of carbonyl (C=O) groups is 2. The van der Waals surface area contributed by atoms with E-state index in [9.17, 15) is 35.9 Å². The lowest BCUT2D eigenvalue weighted by atomic mass is 9.72. The standard InChI is InChI=1S/C43H40F6N4O2/c1-5-12-34-27(3)31-13-8-9-16-35(31)41(34,40(55)50-25-42(44,45)46)23-10-11-24-53-28(4)51-38-36(53)22-17-26(2)37(38)52-39(54)33-15-7-6-14-32(33)29-18-20-30(21-19-29)43(47,48)49/h5-9,12-22H,10-11,23-25H2,1-4H3,(H,50,55)(H,52,54)/b12-5-. The molecule has 1 aromatic heterocycles. The number of imidazole rings is 1. The molecule has 0 aliphatic heterocycles. The summed E-state index contributed by atoms with van der Waals surface area (Å²) in [7, 11) is 0. The van der Waals surface area contributed by atoms with E-state index < -0.39 is 41.7 Å². The van der Waals surface area contributed by atoms with Crippen LogP contribution in [0.2, 0.25) is 0 Å². The Morgan fingerprint density at radius 2 is 1.51 bits per heavy atom. The van der Waals surface area contributed by atoms with Crippen molar-refractivity contribution in [2.45, 2.75) is 71.3 Å². The average molecular weight is 759 g/mol. The van der Waals surface area contributed by atoms with Crippen LogP contribution in [0.1, 0.15) is 71.5 Å². The zero-order valence-corrected chi connectivity index (χ0v) is 30.8. The van der Waals surface area contributed by atoms with Crippen molar-refractivity contribution in [3.63, 3.8) is 0 Å². The number of aryl methyl sites for hydroxylation is 3. The predicted molar refractivity (Wildman–Crippen MR) is 202 cm³/mol. The molecule has 1 atom stereocenters. The SMILES string of the molecule is C/C=C\C1=C(C)c2ccccc2C1(CCCCn1c(C)nc2c(NC(=O)c3ccccc3-c3ccc(C(F)(F)F)cc3)c(C)ccc21)C(=O)NCC(F)(F)F. The molecule has 1 aliphatic rings. The number of carbonyl (C=O) groups excluding carboxylic acids is 2. The third-order valence-corrected chi connectivity index (χ3v) is 10.3. The number of nitrogens with zero attached hydrogens (tertiary/aromatic N) is 2. The lowest BCUT2D eigenvalue weighted by molar-refractivity contribution is -0.141. The summed E-state index contributed by atoms with van der Waals surface area (Å²) >= 11 is 0. The van der Waals surface area contributed by atoms with E-state index in [2.05, 4.69) is 10.6 Å². The second-order valence-electron chi connectivity index (χ2n) is 13.8. The van der Waals surface area contributed by atoms with Gasteiger partial charge in [0.15, 0.2) is 0 Å². The molecular formula is C43H40F6N4O2. The fraction of sp³-hybridized carbons (Fsp3) is 0.279. The molecule has 6 rings (SSSR count). The summed E-state index contributed by atoms with van der Waals surface area (Å²) in [5, 5.41) is 5.18. The lowest BCUT2D eigenvalue weighted by Gasteiger charge is -2.32. The largest absolute Gasteiger partial charge is 0.416 e. The van der Waals surface area contributed by atoms with Gasteiger partial charge in [-0.05, 0) is 110 Å². The summed E-state index contributed by atoms with van der Waals surface area (Å²) in [5.74, 6) is -0.470. The van der Waals surface area contributed by atoms with E-state index in [1.165, 1.54) is 12.1 Å². The first-order valence-electron chi connectivity index (χ1n) is 17.9. The number of unbranched alkanes of at least 4 members (excludes halogenated alkanes) is 1. The Balaban J connectivity index is 1.25. The normalized spacial score (nSPS) is 15.9. The van der Waals surface area contributed by atoms with Crippen LogP contribution < -0.4 is 10.6 Å². The van der Waals surface area contributed by atoms with Crippen molar-refractivity contribution in [1.82, 2.24) is 14.9 Å². The minimum absolute atomic E-state index is 0.273. The Labute approximate surface area is 315 Å². The number of amides is 2. The van der Waals surface area contributed by atoms with Crippen LogP contribution in [0.25, 0.3) is 27.7 Å². The molecule has 4 aromatic carbocycles. The number of halogens is 6. The molecule has 0 bridgehead atoms. The predicted octanol–water partition coefficient (Wildman–Crippen LogP) is 10.7. The van der Waals surface area contributed by atoms with Crippen molar-refractivity contribution in [2.75, 3.05) is 11.9 Å². The first-order chi connectivity index (χ1) is 26.1. The van der Waals surface area contributed by atoms with Crippen LogP contribution in [0, 0.1) is 13.8 Å². The van der Waals surface area contributed by atoms with Gasteiger partial charge in [-0.25, -0.2) is 4.98 Å². The topological polar surface area (TPSA) is 76.0 Å². The van der Waals surface area contributed by atoms with Gasteiger partial charge in [0.25, 0.3) is 5.91 Å². The van der Waals surface area contributed by atoms with Crippen molar-refractivity contribution >= 4 is 34.1 Å². The third-order valence-electron chi connectivity index (χ3n) is 10.3. The van der Waals surface area contributed by atoms with E-state index in [1.54, 1.807) is 36.4 Å². The van der Waals surface area contributed by atoms with Crippen molar-refractivity contribution in [3.8, 4) is 11.1 Å². The molecule has 1 heterocycles. The minimum atomic E-state index is -4.57. The monoisotopic (exact) mass is 758 g/mol. The van der Waals surface area contributed by atoms with Crippen LogP contribution in [-0.4, -0.2) is 34.1 Å². The van der Waals surface area contributed by atoms with Gasteiger partial charge in [0.2, 0.25) is 5.91 Å². The molecule has 2 amide bonds. The van der Waals surface area contributed by atoms with Crippen molar-refractivity contribution < 1.29 is 35.9 Å². The molecule has 0 saturated carbocycles. The van der Waals surface area contributed by atoms with Gasteiger partial charge in [-0.3, -0.25) is 9.59 Å². The number of benzene rings is 4. The maximum Gasteiger partial charge on any atom is 0.416 e. The number of anilines is 1. The Kier molecular flexibility index (Phi) is 10.8. The number of rotatable bonds is 11. The maximum absolute atomic E-state index is 13.9. The Bertz CT molecular complexity index is 2320. The summed E-state index contributed by atoms with van der Waals surface area (Å²) in [5.41, 5.74) is 4.70. The van der Waals surface area contributed by atoms with Crippen LogP contribution in [-0.2, 0) is 22.9 Å². The number of hydrogen-bond acceptors (Lipinski definition) is 3. The highest BCUT2D eigenvalue weighted by Gasteiger charge is 2.49. The van der Waals surface area contributed by atoms with Gasteiger partial charge in [0.05, 0.1) is 22.2 Å². The first-order valence-corrected chi connectivity index (χ1v) is 17.9. The van der Waals surface area contributed by atoms with Crippen molar-refractivity contribution in [3.05, 3.63) is 136 Å². The zero-order valence-electron chi connectivity index (χ0n) is 30.8. The summed E-state index contributed by atoms with van der Waals surface area (Å²) < 4.78 is 81.6. The van der Waals surface area contributed by atoms with Gasteiger partial charge in [0, 0.05) is 12.1 Å². The molecule has 286 valence electrons. The van der Waals surface area contributed by atoms with Crippen molar-refractivity contribution in [2.24, 2.45) is 0 Å². The number of allylic oxidation sites excluding steroid dienone is 3. The summed E-state index contributed by atoms with van der Waals surface area (Å²) in [4.78, 5) is 32.5. The van der Waals surface area contributed by atoms with E-state index in [4.69, 9.17) is 4.98 Å². The van der Waals surface area contributed by atoms with Gasteiger partial charge < -0.3 is 15.2 Å². The summed E-state index contributed by atoms with van der Waals surface area (Å²) in [6.07, 6.45) is -4.10. The number of fused-ring (bicyclic) bond motifs is 2. The van der Waals surface area contributed by atoms with Crippen LogP contribution in [0.3, 0.4) is 0 Å². The lowest BCUT2D eigenvalue weighted by Crippen LogP contribution is -2.47. The Morgan fingerprint density at radius 3 is 2.18 bits per heavy atom. The Morgan fingerprint density at radius 1 is 0.836 bits per heavy atom. The fourth-order valence-electron chi connectivity index (χ4n) is 7.65. The molecule has 2 N–H and O–H groups in total. The maximum atomic E-state index is 13.9. The molecular weight excluding hydrogens is 718 g/mol. The van der Waals surface area contributed by atoms with Gasteiger partial charge in [-0.2, -0.15) is 26.3 Å². The minimum Gasteiger partial charge on any atom is -0.346 e. The Hall–Kier alpha value is -5.65. The molecule has 12 heteroatoms. The molecule has 0 spiro atoms. The van der Waals surface area contributed by atoms with Crippen LogP contribution in [0.15, 0.2) is 103 Å². The summed E-state index contributed by atoms with van der Waals surface area (Å²) in [6.45, 7) is 6.43. The number of nitrogens with one attached hydrogen (secondary N) is 2. The van der Waals surface area contributed by atoms with Gasteiger partial charge in [-0.15, -0.1) is 0 Å². The molecule has 1 unspecified atom stereocenters. The third kappa shape index (κ3) is 7.67. The summed E-state index contributed by atoms with van der Waals surface area (Å²) in [6, 6.07) is 22.5. The highest BCUT2D eigenvalue weighted by atomic mass is 19.4. The highest BCUT2D eigenvalue weighted by molar-refractivity contribution is 6.12. The quantitative estimate of drug-likeness (QED) is 0.104. The smallest absolute Gasteiger partial charge is 0.346 e. The number of aromatic nitrogens is 2. The molecule has 0 radical (unpaired) electrons. The van der Waals surface area contributed by atoms with E-state index in [0.717, 1.165) is 34.3 Å². The van der Waals surface area contributed by atoms with Crippen LogP contribution in [0.4, 0.5) is 32.0 Å². The van der Waals surface area contributed by atoms with E-state index in [1.807, 2.05) is 68.7 Å². The second kappa shape index (κ2) is 15.2. The molecule has 1 aliphatic carbocycles. The fourth-order valence-corrected chi connectivity index (χ4v) is 7.65. The number of alkyl halides is 6. The highest BCUT2D eigenvalue weighted by Crippen LogP contribution is 2.50. The number of hydrogen-bond donors (Lipinski definition) is 2. The van der Waals surface area contributed by atoms with E-state index in [0.29, 0.717) is 58.7 Å². The second-order valence-corrected chi connectivity index (χ2v) is 13.8. The zero-order chi connectivity index (χ0) is 39.7. The van der Waals surface area contributed by atoms with Crippen molar-refractivity contribution in [1.29, 1.82) is 0 Å². The molecule has 55 heavy (non-hydrogen) atoms. The van der Waals surface area contributed by atoms with Crippen LogP contribution >= 0.6 is 0 Å². The van der Waals surface area contributed by atoms with E-state index in [-0.39, 0.29) is 12.0 Å².